The largest absolute Gasteiger partial charge is 0.477 e. The summed E-state index contributed by atoms with van der Waals surface area (Å²) in [5.41, 5.74) is 33.6. The summed E-state index contributed by atoms with van der Waals surface area (Å²) < 4.78 is 0. The maximum Gasteiger partial charge on any atom is 0.352 e. The van der Waals surface area contributed by atoms with Crippen molar-refractivity contribution in [3.63, 3.8) is 0 Å². The van der Waals surface area contributed by atoms with Crippen LogP contribution < -0.4 is 76.9 Å². The number of nitrogens with two attached hydrogens (primary N) is 6. The first kappa shape index (κ1) is 62.3. The molecule has 0 bridgehead atoms. The summed E-state index contributed by atoms with van der Waals surface area (Å²) in [6.07, 6.45) is 5.88. The van der Waals surface area contributed by atoms with E-state index in [0.717, 1.165) is 13.0 Å². The van der Waals surface area contributed by atoms with Crippen LogP contribution in [0.5, 0.6) is 0 Å². The van der Waals surface area contributed by atoms with Crippen molar-refractivity contribution in [2.75, 3.05) is 52.9 Å². The SMILES string of the molecule is CNCCCC[C@H](N)C(=O)N[C@H](C(=O)N[C@@H](C)C(=O)NCC(=O)N[C@H](CCCN)C(=O)N1CCC[C@H]1C(=O)N[C@@H](Cc1cnc[nH]1)C(=O)N[C@@H](CCCCN)C(=O)N/C(=C\CCN=C(N)N)C(=O)O)[C@@H](O)CN. The second-order valence-corrected chi connectivity index (χ2v) is 17.4. The average molecular weight is 1040 g/mol. The highest BCUT2D eigenvalue weighted by Gasteiger charge is 2.40. The molecule has 73 heavy (non-hydrogen) atoms. The van der Waals surface area contributed by atoms with E-state index in [9.17, 15) is 53.4 Å². The van der Waals surface area contributed by atoms with Gasteiger partial charge in [-0.05, 0) is 97.8 Å². The second-order valence-electron chi connectivity index (χ2n) is 17.4. The number of carboxylic acid groups (broad SMARTS) is 1. The molecule has 410 valence electrons. The minimum atomic E-state index is -1.55. The Kier molecular flexibility index (Phi) is 28.8. The molecule has 0 aliphatic carbocycles. The number of likely N-dealkylation sites (tertiary alicyclic amines) is 1. The Labute approximate surface area is 423 Å². The molecule has 1 aliphatic heterocycles. The van der Waals surface area contributed by atoms with Crippen LogP contribution in [-0.2, 0) is 49.6 Å². The average Bonchev–Trinajstić information content (AvgIpc) is 4.08. The molecule has 23 N–H and O–H groups in total. The molecule has 8 atom stereocenters. The molecular formula is C44H78N18O11. The number of carboxylic acids is 1. The molecule has 8 amide bonds. The van der Waals surface area contributed by atoms with Crippen LogP contribution in [0.25, 0.3) is 0 Å². The van der Waals surface area contributed by atoms with Crippen molar-refractivity contribution in [3.8, 4) is 0 Å². The van der Waals surface area contributed by atoms with Crippen LogP contribution in [0.15, 0.2) is 29.3 Å². The van der Waals surface area contributed by atoms with Gasteiger partial charge in [-0.25, -0.2) is 9.78 Å². The van der Waals surface area contributed by atoms with E-state index in [-0.39, 0.29) is 70.7 Å². The van der Waals surface area contributed by atoms with Crippen LogP contribution in [0.3, 0.4) is 0 Å². The number of carbonyl (C=O) groups excluding carboxylic acids is 8. The van der Waals surface area contributed by atoms with Gasteiger partial charge in [0.15, 0.2) is 5.96 Å². The summed E-state index contributed by atoms with van der Waals surface area (Å²) in [5, 5.41) is 40.6. The molecule has 1 saturated heterocycles. The highest BCUT2D eigenvalue weighted by Crippen LogP contribution is 2.20. The number of rotatable bonds is 35. The van der Waals surface area contributed by atoms with Crippen LogP contribution in [0.2, 0.25) is 0 Å². The zero-order valence-corrected chi connectivity index (χ0v) is 41.7. The Morgan fingerprint density at radius 1 is 0.849 bits per heavy atom. The number of carbonyl (C=O) groups is 9. The van der Waals surface area contributed by atoms with E-state index in [1.807, 2.05) is 0 Å². The lowest BCUT2D eigenvalue weighted by Gasteiger charge is -2.30. The molecule has 0 aromatic carbocycles. The highest BCUT2D eigenvalue weighted by molar-refractivity contribution is 5.99. The van der Waals surface area contributed by atoms with Gasteiger partial charge >= 0.3 is 5.97 Å². The van der Waals surface area contributed by atoms with Gasteiger partial charge in [0.1, 0.15) is 41.9 Å². The fourth-order valence-electron chi connectivity index (χ4n) is 7.49. The molecule has 29 heteroatoms. The summed E-state index contributed by atoms with van der Waals surface area (Å²) >= 11 is 0. The van der Waals surface area contributed by atoms with E-state index in [1.165, 1.54) is 30.4 Å². The van der Waals surface area contributed by atoms with Gasteiger partial charge in [0.25, 0.3) is 0 Å². The Bertz CT molecular complexity index is 2020. The number of hydrogen-bond donors (Lipinski definition) is 17. The zero-order valence-electron chi connectivity index (χ0n) is 41.7. The van der Waals surface area contributed by atoms with E-state index in [1.54, 1.807) is 7.05 Å². The molecule has 1 fully saturated rings. The van der Waals surface area contributed by atoms with Crippen molar-refractivity contribution in [1.82, 2.24) is 57.4 Å². The van der Waals surface area contributed by atoms with Crippen molar-refractivity contribution in [3.05, 3.63) is 30.0 Å². The first-order valence-electron chi connectivity index (χ1n) is 24.3. The molecular weight excluding hydrogens is 957 g/mol. The minimum absolute atomic E-state index is 0.0434. The number of hydrogen-bond acceptors (Lipinski definition) is 17. The summed E-state index contributed by atoms with van der Waals surface area (Å²) in [6, 6.07) is -8.74. The molecule has 1 aliphatic rings. The Morgan fingerprint density at radius 3 is 2.18 bits per heavy atom. The second kappa shape index (κ2) is 33.8. The molecule has 2 heterocycles. The number of nitrogens with zero attached hydrogens (tertiary/aromatic N) is 3. The zero-order chi connectivity index (χ0) is 54.5. The number of aliphatic hydroxyl groups excluding tert-OH is 1. The van der Waals surface area contributed by atoms with E-state index in [4.69, 9.17) is 34.4 Å². The summed E-state index contributed by atoms with van der Waals surface area (Å²) in [6.45, 7) is 1.54. The maximum absolute atomic E-state index is 14.2. The van der Waals surface area contributed by atoms with Gasteiger partial charge < -0.3 is 97.0 Å². The van der Waals surface area contributed by atoms with Crippen LogP contribution >= 0.6 is 0 Å². The lowest BCUT2D eigenvalue weighted by Crippen LogP contribution is -2.60. The number of amides is 8. The first-order valence-corrected chi connectivity index (χ1v) is 24.3. The molecule has 0 unspecified atom stereocenters. The van der Waals surface area contributed by atoms with Crippen LogP contribution in [-0.4, -0.2) is 186 Å². The number of H-pyrrole nitrogens is 1. The predicted octanol–water partition coefficient (Wildman–Crippen LogP) is -6.84. The predicted molar refractivity (Wildman–Crippen MR) is 267 cm³/mol. The number of aromatic nitrogens is 2. The smallest absolute Gasteiger partial charge is 0.352 e. The molecule has 1 aromatic rings. The van der Waals surface area contributed by atoms with Crippen LogP contribution in [0.4, 0.5) is 0 Å². The summed E-state index contributed by atoms with van der Waals surface area (Å²) in [5.74, 6) is -7.94. The molecule has 0 spiro atoms. The van der Waals surface area contributed by atoms with Crippen LogP contribution in [0.1, 0.15) is 83.2 Å². The monoisotopic (exact) mass is 1030 g/mol. The van der Waals surface area contributed by atoms with Crippen molar-refractivity contribution in [1.29, 1.82) is 0 Å². The normalized spacial score (nSPS) is 16.3. The number of nitrogens with one attached hydrogen (secondary N) is 9. The quantitative estimate of drug-likeness (QED) is 0.0130. The molecule has 0 radical (unpaired) electrons. The molecule has 1 aromatic heterocycles. The fraction of sp³-hybridized carbons (Fsp3) is 0.659. The van der Waals surface area contributed by atoms with E-state index >= 15 is 0 Å². The van der Waals surface area contributed by atoms with Gasteiger partial charge in [0, 0.05) is 37.9 Å². The number of unbranched alkanes of at least 4 members (excludes halogenated alkanes) is 2. The Morgan fingerprint density at radius 2 is 1.55 bits per heavy atom. The Balaban J connectivity index is 2.19. The van der Waals surface area contributed by atoms with Crippen LogP contribution in [0, 0.1) is 0 Å². The van der Waals surface area contributed by atoms with Gasteiger partial charge in [-0.15, -0.1) is 0 Å². The summed E-state index contributed by atoms with van der Waals surface area (Å²) in [4.78, 5) is 132. The minimum Gasteiger partial charge on any atom is -0.477 e. The summed E-state index contributed by atoms with van der Waals surface area (Å²) in [7, 11) is 1.79. The van der Waals surface area contributed by atoms with Gasteiger partial charge in [-0.1, -0.05) is 12.5 Å². The number of imidazole rings is 1. The van der Waals surface area contributed by atoms with E-state index < -0.39 is 120 Å². The van der Waals surface area contributed by atoms with Gasteiger partial charge in [-0.2, -0.15) is 0 Å². The standard InChI is InChI=1S/C44H78N18O11/c1-25(56-41(70)35(33(63)21-47)61-37(66)27(48)10-4-6-17-51-2)36(65)54-23-34(64)57-29(12-7-16-46)42(71)62-19-9-14-32(62)40(69)60-31(20-26-22-52-24-55-26)39(68)58-28(11-3-5-15-45)38(67)59-30(43(72)73)13-8-18-53-44(49)50/h13,22,24-25,27-29,31-33,35,51,63H,3-12,14-21,23,45-48H2,1-2H3,(H,52,55)(H,54,65)(H,56,70)(H,57,64)(H,58,68)(H,59,67)(H,60,69)(H,61,66)(H,72,73)(H4,49,50,53)/b30-13-/t25-,27-,28-,29+,31-,32-,33-,35-/m0/s1. The lowest BCUT2D eigenvalue weighted by molar-refractivity contribution is -0.142. The number of aromatic amines is 1. The molecule has 29 nitrogen and oxygen atoms in total. The number of aliphatic carboxylic acids is 1. The fourth-order valence-corrected chi connectivity index (χ4v) is 7.49. The third-order valence-corrected chi connectivity index (χ3v) is 11.5. The van der Waals surface area contributed by atoms with Gasteiger partial charge in [0.05, 0.1) is 25.0 Å². The van der Waals surface area contributed by atoms with Crippen molar-refractivity contribution in [2.45, 2.75) is 132 Å². The third kappa shape index (κ3) is 22.7. The first-order chi connectivity index (χ1) is 34.8. The molecule has 0 saturated carbocycles. The van der Waals surface area contributed by atoms with Crippen molar-refractivity contribution in [2.24, 2.45) is 39.4 Å². The highest BCUT2D eigenvalue weighted by atomic mass is 16.4. The number of aliphatic hydroxyl groups is 1. The van der Waals surface area contributed by atoms with Crippen molar-refractivity contribution < 1.29 is 53.4 Å². The van der Waals surface area contributed by atoms with Gasteiger partial charge in [0.2, 0.25) is 47.3 Å². The number of aliphatic imine (C=N–C) groups is 1. The van der Waals surface area contributed by atoms with E-state index in [2.05, 4.69) is 57.5 Å². The maximum atomic E-state index is 14.2. The third-order valence-electron chi connectivity index (χ3n) is 11.5. The van der Waals surface area contributed by atoms with E-state index in [0.29, 0.717) is 37.8 Å². The van der Waals surface area contributed by atoms with Crippen molar-refractivity contribution >= 4 is 59.2 Å². The Hall–Kier alpha value is -6.79. The van der Waals surface area contributed by atoms with Gasteiger partial charge in [-0.3, -0.25) is 43.3 Å². The topological polar surface area (TPSA) is 491 Å². The molecule has 2 rings (SSSR count). The number of guanidine groups is 1. The lowest BCUT2D eigenvalue weighted by atomic mass is 10.1.